The van der Waals surface area contributed by atoms with Crippen LogP contribution in [0.5, 0.6) is 0 Å². The van der Waals surface area contributed by atoms with E-state index in [0.717, 1.165) is 4.90 Å². The summed E-state index contributed by atoms with van der Waals surface area (Å²) in [4.78, 5) is 0.964. The average molecular weight is 245 g/mol. The molecule has 82 valence electrons. The SMILES string of the molecule is CC(CO)Sc1ccc(C(=N)N)c(Cl)c1. The summed E-state index contributed by atoms with van der Waals surface area (Å²) in [5.74, 6) is -0.0354. The molecule has 5 heteroatoms. The standard InChI is InChI=1S/C10H13ClN2OS/c1-6(5-14)15-7-2-3-8(10(12)13)9(11)4-7/h2-4,6,14H,5H2,1H3,(H3,12,13). The lowest BCUT2D eigenvalue weighted by molar-refractivity contribution is 0.300. The molecule has 1 unspecified atom stereocenters. The summed E-state index contributed by atoms with van der Waals surface area (Å²) < 4.78 is 0. The van der Waals surface area contributed by atoms with Crippen LogP contribution in [0.4, 0.5) is 0 Å². The molecule has 0 heterocycles. The number of nitrogens with two attached hydrogens (primary N) is 1. The number of rotatable bonds is 4. The number of hydrogen-bond acceptors (Lipinski definition) is 3. The van der Waals surface area contributed by atoms with Crippen molar-refractivity contribution < 1.29 is 5.11 Å². The minimum absolute atomic E-state index is 0.0354. The summed E-state index contributed by atoms with van der Waals surface area (Å²) in [6.07, 6.45) is 0. The van der Waals surface area contributed by atoms with Crippen LogP contribution >= 0.6 is 23.4 Å². The van der Waals surface area contributed by atoms with Gasteiger partial charge < -0.3 is 10.8 Å². The molecule has 0 aliphatic heterocycles. The second kappa shape index (κ2) is 5.39. The first-order valence-corrected chi connectivity index (χ1v) is 5.71. The molecule has 15 heavy (non-hydrogen) atoms. The highest BCUT2D eigenvalue weighted by Gasteiger charge is 2.07. The zero-order valence-electron chi connectivity index (χ0n) is 8.33. The first kappa shape index (κ1) is 12.4. The van der Waals surface area contributed by atoms with E-state index >= 15 is 0 Å². The fraction of sp³-hybridized carbons (Fsp3) is 0.300. The number of amidine groups is 1. The molecule has 0 fully saturated rings. The zero-order valence-corrected chi connectivity index (χ0v) is 9.90. The minimum atomic E-state index is -0.0354. The van der Waals surface area contributed by atoms with E-state index in [9.17, 15) is 0 Å². The van der Waals surface area contributed by atoms with Gasteiger partial charge in [0.15, 0.2) is 0 Å². The third-order valence-corrected chi connectivity index (χ3v) is 3.22. The van der Waals surface area contributed by atoms with E-state index in [1.54, 1.807) is 12.1 Å². The summed E-state index contributed by atoms with van der Waals surface area (Å²) in [7, 11) is 0. The number of thioether (sulfide) groups is 1. The van der Waals surface area contributed by atoms with Gasteiger partial charge in [0.25, 0.3) is 0 Å². The van der Waals surface area contributed by atoms with Crippen LogP contribution in [-0.4, -0.2) is 22.8 Å². The Morgan fingerprint density at radius 2 is 2.33 bits per heavy atom. The van der Waals surface area contributed by atoms with Gasteiger partial charge in [-0.3, -0.25) is 5.41 Å². The summed E-state index contributed by atoms with van der Waals surface area (Å²) in [6, 6.07) is 5.33. The lowest BCUT2D eigenvalue weighted by Gasteiger charge is -2.09. The Labute approximate surface area is 98.1 Å². The normalized spacial score (nSPS) is 12.5. The topological polar surface area (TPSA) is 70.1 Å². The highest BCUT2D eigenvalue weighted by molar-refractivity contribution is 8.00. The van der Waals surface area contributed by atoms with Crippen LogP contribution < -0.4 is 5.73 Å². The average Bonchev–Trinajstić information content (AvgIpc) is 2.17. The third-order valence-electron chi connectivity index (χ3n) is 1.83. The van der Waals surface area contributed by atoms with Gasteiger partial charge in [0, 0.05) is 15.7 Å². The van der Waals surface area contributed by atoms with Crippen LogP contribution in [0.3, 0.4) is 0 Å². The Hall–Kier alpha value is -0.710. The smallest absolute Gasteiger partial charge is 0.124 e. The summed E-state index contributed by atoms with van der Waals surface area (Å²) in [6.45, 7) is 2.05. The molecule has 4 N–H and O–H groups in total. The van der Waals surface area contributed by atoms with Crippen molar-refractivity contribution in [2.45, 2.75) is 17.1 Å². The third kappa shape index (κ3) is 3.41. The summed E-state index contributed by atoms with van der Waals surface area (Å²) in [5, 5.41) is 16.8. The Bertz CT molecular complexity index is 370. The number of aliphatic hydroxyl groups is 1. The van der Waals surface area contributed by atoms with Gasteiger partial charge in [0.2, 0.25) is 0 Å². The fourth-order valence-corrected chi connectivity index (χ4v) is 2.28. The minimum Gasteiger partial charge on any atom is -0.395 e. The molecule has 0 saturated carbocycles. The van der Waals surface area contributed by atoms with Crippen LogP contribution in [0.25, 0.3) is 0 Å². The Morgan fingerprint density at radius 1 is 1.67 bits per heavy atom. The van der Waals surface area contributed by atoms with E-state index in [1.165, 1.54) is 11.8 Å². The summed E-state index contributed by atoms with van der Waals surface area (Å²) in [5.41, 5.74) is 5.88. The van der Waals surface area contributed by atoms with Gasteiger partial charge in [-0.15, -0.1) is 11.8 Å². The highest BCUT2D eigenvalue weighted by Crippen LogP contribution is 2.27. The van der Waals surface area contributed by atoms with Crippen molar-refractivity contribution in [3.05, 3.63) is 28.8 Å². The molecule has 1 aromatic carbocycles. The number of benzene rings is 1. The van der Waals surface area contributed by atoms with Crippen molar-refractivity contribution in [1.82, 2.24) is 0 Å². The van der Waals surface area contributed by atoms with E-state index in [4.69, 9.17) is 27.9 Å². The molecule has 3 nitrogen and oxygen atoms in total. The molecule has 0 saturated heterocycles. The van der Waals surface area contributed by atoms with Gasteiger partial charge in [0.05, 0.1) is 11.6 Å². The van der Waals surface area contributed by atoms with E-state index in [0.29, 0.717) is 10.6 Å². The molecule has 1 rings (SSSR count). The molecule has 0 aliphatic carbocycles. The molecule has 0 spiro atoms. The first-order valence-electron chi connectivity index (χ1n) is 4.46. The van der Waals surface area contributed by atoms with E-state index in [-0.39, 0.29) is 17.7 Å². The van der Waals surface area contributed by atoms with Crippen LogP contribution in [0.1, 0.15) is 12.5 Å². The Kier molecular flexibility index (Phi) is 4.45. The Balaban J connectivity index is 2.87. The van der Waals surface area contributed by atoms with E-state index < -0.39 is 0 Å². The van der Waals surface area contributed by atoms with Gasteiger partial charge in [-0.1, -0.05) is 18.5 Å². The van der Waals surface area contributed by atoms with Crippen molar-refractivity contribution in [1.29, 1.82) is 5.41 Å². The molecule has 0 amide bonds. The van der Waals surface area contributed by atoms with Gasteiger partial charge in [-0.05, 0) is 18.2 Å². The van der Waals surface area contributed by atoms with Crippen LogP contribution in [0.15, 0.2) is 23.1 Å². The summed E-state index contributed by atoms with van der Waals surface area (Å²) >= 11 is 7.49. The zero-order chi connectivity index (χ0) is 11.4. The second-order valence-corrected chi connectivity index (χ2v) is 5.09. The number of nitrogen functional groups attached to an aromatic ring is 1. The molecular formula is C10H13ClN2OS. The molecule has 0 aromatic heterocycles. The van der Waals surface area contributed by atoms with Gasteiger partial charge >= 0.3 is 0 Å². The molecule has 0 radical (unpaired) electrons. The number of hydrogen-bond donors (Lipinski definition) is 3. The molecule has 0 bridgehead atoms. The first-order chi connectivity index (χ1) is 7.04. The van der Waals surface area contributed by atoms with Crippen LogP contribution in [0.2, 0.25) is 5.02 Å². The Morgan fingerprint density at radius 3 is 2.80 bits per heavy atom. The quantitative estimate of drug-likeness (QED) is 0.432. The lowest BCUT2D eigenvalue weighted by atomic mass is 10.2. The maximum absolute atomic E-state index is 8.90. The highest BCUT2D eigenvalue weighted by atomic mass is 35.5. The van der Waals surface area contributed by atoms with Gasteiger partial charge in [-0.25, -0.2) is 0 Å². The molecule has 1 aromatic rings. The maximum Gasteiger partial charge on any atom is 0.124 e. The molecular weight excluding hydrogens is 232 g/mol. The molecule has 1 atom stereocenters. The van der Waals surface area contributed by atoms with E-state index in [2.05, 4.69) is 0 Å². The second-order valence-electron chi connectivity index (χ2n) is 3.17. The van der Waals surface area contributed by atoms with Crippen molar-refractivity contribution in [2.24, 2.45) is 5.73 Å². The predicted molar refractivity (Wildman–Crippen MR) is 64.9 cm³/mol. The number of nitrogens with one attached hydrogen (secondary N) is 1. The fourth-order valence-electron chi connectivity index (χ4n) is 1.06. The van der Waals surface area contributed by atoms with Crippen molar-refractivity contribution in [3.63, 3.8) is 0 Å². The van der Waals surface area contributed by atoms with E-state index in [1.807, 2.05) is 13.0 Å². The van der Waals surface area contributed by atoms with Crippen molar-refractivity contribution >= 4 is 29.2 Å². The number of halogens is 1. The van der Waals surface area contributed by atoms with Gasteiger partial charge in [-0.2, -0.15) is 0 Å². The maximum atomic E-state index is 8.90. The molecule has 0 aliphatic rings. The largest absolute Gasteiger partial charge is 0.395 e. The number of aliphatic hydroxyl groups excluding tert-OH is 1. The monoisotopic (exact) mass is 244 g/mol. The van der Waals surface area contributed by atoms with Crippen molar-refractivity contribution in [2.75, 3.05) is 6.61 Å². The van der Waals surface area contributed by atoms with Gasteiger partial charge in [0.1, 0.15) is 5.84 Å². The van der Waals surface area contributed by atoms with Crippen LogP contribution in [-0.2, 0) is 0 Å². The predicted octanol–water partition coefficient (Wildman–Crippen LogP) is 2.10. The van der Waals surface area contributed by atoms with Crippen LogP contribution in [0, 0.1) is 5.41 Å². The van der Waals surface area contributed by atoms with Crippen molar-refractivity contribution in [3.8, 4) is 0 Å². The lowest BCUT2D eigenvalue weighted by Crippen LogP contribution is -2.11.